The van der Waals surface area contributed by atoms with Gasteiger partial charge in [-0.25, -0.2) is 4.79 Å². The molecule has 0 saturated carbocycles. The monoisotopic (exact) mass is 546 g/mol. The van der Waals surface area contributed by atoms with Gasteiger partial charge in [0.15, 0.2) is 8.32 Å². The highest BCUT2D eigenvalue weighted by molar-refractivity contribution is 6.74. The molecular formula is C33H46N2O3Si. The van der Waals surface area contributed by atoms with Gasteiger partial charge >= 0.3 is 6.09 Å². The molecule has 0 aliphatic rings. The molecule has 39 heavy (non-hydrogen) atoms. The summed E-state index contributed by atoms with van der Waals surface area (Å²) >= 11 is 0. The van der Waals surface area contributed by atoms with Crippen LogP contribution in [0.5, 0.6) is 0 Å². The van der Waals surface area contributed by atoms with E-state index in [9.17, 15) is 9.90 Å². The molecule has 0 aliphatic carbocycles. The van der Waals surface area contributed by atoms with E-state index < -0.39 is 19.9 Å². The molecule has 6 heteroatoms. The maximum Gasteiger partial charge on any atom is 0.404 e. The lowest BCUT2D eigenvalue weighted by Crippen LogP contribution is -2.62. The third-order valence-electron chi connectivity index (χ3n) is 7.94. The summed E-state index contributed by atoms with van der Waals surface area (Å²) in [5.74, 6) is 0. The lowest BCUT2D eigenvalue weighted by molar-refractivity contribution is 0.0324. The number of nitrogens with one attached hydrogen (secondary N) is 2. The van der Waals surface area contributed by atoms with Gasteiger partial charge in [0, 0.05) is 6.54 Å². The van der Waals surface area contributed by atoms with Crippen LogP contribution in [0, 0.1) is 5.41 Å². The summed E-state index contributed by atoms with van der Waals surface area (Å²) in [7, 11) is -2.23. The fourth-order valence-electron chi connectivity index (χ4n) is 4.88. The Morgan fingerprint density at radius 3 is 1.46 bits per heavy atom. The Morgan fingerprint density at radius 2 is 1.15 bits per heavy atom. The van der Waals surface area contributed by atoms with Crippen molar-refractivity contribution in [3.63, 3.8) is 0 Å². The van der Waals surface area contributed by atoms with Gasteiger partial charge in [-0.15, -0.1) is 0 Å². The molecule has 0 heterocycles. The van der Waals surface area contributed by atoms with Gasteiger partial charge in [0.25, 0.3) is 0 Å². The van der Waals surface area contributed by atoms with E-state index >= 15 is 0 Å². The minimum Gasteiger partial charge on any atom is -0.465 e. The Morgan fingerprint density at radius 1 is 0.769 bits per heavy atom. The van der Waals surface area contributed by atoms with Crippen molar-refractivity contribution in [2.45, 2.75) is 77.4 Å². The minimum absolute atomic E-state index is 0.00332. The van der Waals surface area contributed by atoms with Crippen molar-refractivity contribution < 1.29 is 14.3 Å². The van der Waals surface area contributed by atoms with Crippen LogP contribution in [0.1, 0.15) is 58.2 Å². The summed E-state index contributed by atoms with van der Waals surface area (Å²) in [5.41, 5.74) is 2.19. The number of carboxylic acid groups (broad SMARTS) is 1. The van der Waals surface area contributed by atoms with Crippen LogP contribution in [0.15, 0.2) is 91.0 Å². The standard InChI is InChI=1S/C33H46N2O3Si/c1-31(2,3)29(38-39(7,8)32(4,5)6)28(24-34-30(36)37)35-33(25-18-12-9-13-19-25,26-20-14-10-15-21-26)27-22-16-11-17-23-27/h9-23,28-29,34-35H,24H2,1-8H3,(H,36,37)/t28-,29?/m0/s1. The van der Waals surface area contributed by atoms with Crippen LogP contribution in [0.25, 0.3) is 0 Å². The van der Waals surface area contributed by atoms with Crippen LogP contribution < -0.4 is 10.6 Å². The summed E-state index contributed by atoms with van der Waals surface area (Å²) in [6.07, 6.45) is -1.33. The quantitative estimate of drug-likeness (QED) is 0.180. The number of hydrogen-bond acceptors (Lipinski definition) is 3. The normalized spacial score (nSPS) is 14.5. The Kier molecular flexibility index (Phi) is 9.47. The van der Waals surface area contributed by atoms with Crippen LogP contribution in [-0.4, -0.2) is 38.2 Å². The molecule has 0 spiro atoms. The fraction of sp³-hybridized carbons (Fsp3) is 0.424. The second kappa shape index (κ2) is 12.1. The molecule has 0 aliphatic heterocycles. The second-order valence-corrected chi connectivity index (χ2v) is 17.7. The van der Waals surface area contributed by atoms with E-state index in [-0.39, 0.29) is 29.1 Å². The van der Waals surface area contributed by atoms with Crippen LogP contribution in [0.2, 0.25) is 18.1 Å². The van der Waals surface area contributed by atoms with Crippen molar-refractivity contribution in [3.8, 4) is 0 Å². The zero-order chi connectivity index (χ0) is 28.9. The van der Waals surface area contributed by atoms with Crippen molar-refractivity contribution in [2.24, 2.45) is 5.41 Å². The maximum atomic E-state index is 11.8. The Balaban J connectivity index is 2.29. The third kappa shape index (κ3) is 7.18. The van der Waals surface area contributed by atoms with Crippen LogP contribution >= 0.6 is 0 Å². The molecule has 0 fully saturated rings. The number of rotatable bonds is 10. The highest BCUT2D eigenvalue weighted by Gasteiger charge is 2.47. The van der Waals surface area contributed by atoms with Crippen molar-refractivity contribution in [3.05, 3.63) is 108 Å². The van der Waals surface area contributed by atoms with E-state index in [4.69, 9.17) is 4.43 Å². The number of carbonyl (C=O) groups is 1. The highest BCUT2D eigenvalue weighted by Crippen LogP contribution is 2.42. The first-order chi connectivity index (χ1) is 18.2. The molecule has 3 N–H and O–H groups in total. The first-order valence-corrected chi connectivity index (χ1v) is 16.7. The van der Waals surface area contributed by atoms with Crippen molar-refractivity contribution in [1.29, 1.82) is 0 Å². The van der Waals surface area contributed by atoms with Gasteiger partial charge in [0.05, 0.1) is 17.7 Å². The van der Waals surface area contributed by atoms with Gasteiger partial charge in [-0.05, 0) is 40.2 Å². The molecular weight excluding hydrogens is 500 g/mol. The van der Waals surface area contributed by atoms with E-state index in [1.54, 1.807) is 0 Å². The topological polar surface area (TPSA) is 70.6 Å². The summed E-state index contributed by atoms with van der Waals surface area (Å²) in [6, 6.07) is 30.8. The Bertz CT molecular complexity index is 1090. The highest BCUT2D eigenvalue weighted by atomic mass is 28.4. The fourth-order valence-corrected chi connectivity index (χ4v) is 6.39. The third-order valence-corrected chi connectivity index (χ3v) is 12.4. The van der Waals surface area contributed by atoms with E-state index in [0.29, 0.717) is 0 Å². The molecule has 0 saturated heterocycles. The molecule has 210 valence electrons. The Hall–Kier alpha value is -2.93. The SMILES string of the molecule is CC(C)(C)C(O[Si](C)(C)C(C)(C)C)[C@H](CNC(=O)O)NC(c1ccccc1)(c1ccccc1)c1ccccc1. The molecule has 0 radical (unpaired) electrons. The number of benzene rings is 3. The van der Waals surface area contributed by atoms with E-state index in [0.717, 1.165) is 16.7 Å². The van der Waals surface area contributed by atoms with Crippen molar-refractivity contribution in [1.82, 2.24) is 10.6 Å². The average Bonchev–Trinajstić information content (AvgIpc) is 2.88. The maximum absolute atomic E-state index is 11.8. The minimum atomic E-state index is -2.23. The smallest absolute Gasteiger partial charge is 0.404 e. The molecule has 3 aromatic carbocycles. The molecule has 0 aromatic heterocycles. The van der Waals surface area contributed by atoms with Crippen LogP contribution in [-0.2, 0) is 9.96 Å². The summed E-state index contributed by atoms with van der Waals surface area (Å²) < 4.78 is 7.16. The zero-order valence-corrected chi connectivity index (χ0v) is 25.8. The van der Waals surface area contributed by atoms with Gasteiger partial charge in [-0.1, -0.05) is 133 Å². The largest absolute Gasteiger partial charge is 0.465 e. The van der Waals surface area contributed by atoms with Gasteiger partial charge in [0.2, 0.25) is 0 Å². The predicted molar refractivity (Wildman–Crippen MR) is 164 cm³/mol. The van der Waals surface area contributed by atoms with Gasteiger partial charge in [0.1, 0.15) is 0 Å². The van der Waals surface area contributed by atoms with Gasteiger partial charge < -0.3 is 14.8 Å². The number of amides is 1. The zero-order valence-electron chi connectivity index (χ0n) is 24.8. The molecule has 1 unspecified atom stereocenters. The Labute approximate surface area is 236 Å². The summed E-state index contributed by atoms with van der Waals surface area (Å²) in [5, 5.41) is 16.4. The van der Waals surface area contributed by atoms with Crippen LogP contribution in [0.4, 0.5) is 4.79 Å². The van der Waals surface area contributed by atoms with Crippen molar-refractivity contribution >= 4 is 14.4 Å². The van der Waals surface area contributed by atoms with E-state index in [2.05, 4.69) is 138 Å². The molecule has 3 aromatic rings. The van der Waals surface area contributed by atoms with Crippen molar-refractivity contribution in [2.75, 3.05) is 6.54 Å². The molecule has 0 bridgehead atoms. The number of hydrogen-bond donors (Lipinski definition) is 3. The van der Waals surface area contributed by atoms with E-state index in [1.807, 2.05) is 18.2 Å². The van der Waals surface area contributed by atoms with E-state index in [1.165, 1.54) is 0 Å². The molecule has 3 rings (SSSR count). The first-order valence-electron chi connectivity index (χ1n) is 13.8. The summed E-state index contributed by atoms with van der Waals surface area (Å²) in [4.78, 5) is 11.8. The first kappa shape index (κ1) is 30.6. The molecule has 5 nitrogen and oxygen atoms in total. The molecule has 1 amide bonds. The van der Waals surface area contributed by atoms with Gasteiger partial charge in [-0.3, -0.25) is 5.32 Å². The van der Waals surface area contributed by atoms with Crippen LogP contribution in [0.3, 0.4) is 0 Å². The lowest BCUT2D eigenvalue weighted by Gasteiger charge is -2.49. The van der Waals surface area contributed by atoms with Gasteiger partial charge in [-0.2, -0.15) is 0 Å². The molecule has 2 atom stereocenters. The lowest BCUT2D eigenvalue weighted by atomic mass is 9.75. The average molecular weight is 547 g/mol. The second-order valence-electron chi connectivity index (χ2n) is 12.9. The predicted octanol–water partition coefficient (Wildman–Crippen LogP) is 7.64. The summed E-state index contributed by atoms with van der Waals surface area (Å²) in [6.45, 7) is 17.9.